The smallest absolute Gasteiger partial charge is 0.268 e. The summed E-state index contributed by atoms with van der Waals surface area (Å²) >= 11 is 1.26. The zero-order valence-electron chi connectivity index (χ0n) is 10.1. The van der Waals surface area contributed by atoms with Gasteiger partial charge >= 0.3 is 0 Å². The molecular formula is C13H10N4OS. The van der Waals surface area contributed by atoms with E-state index in [1.54, 1.807) is 6.92 Å². The van der Waals surface area contributed by atoms with E-state index in [2.05, 4.69) is 15.5 Å². The van der Waals surface area contributed by atoms with Gasteiger partial charge in [-0.25, -0.2) is 0 Å². The number of hydrogen-bond donors (Lipinski definition) is 1. The molecule has 6 heteroatoms. The predicted octanol–water partition coefficient (Wildman–Crippen LogP) is 2.39. The van der Waals surface area contributed by atoms with Crippen molar-refractivity contribution in [2.24, 2.45) is 0 Å². The number of aryl methyl sites for hydroxylation is 1. The summed E-state index contributed by atoms with van der Waals surface area (Å²) in [5, 5.41) is 20.3. The minimum absolute atomic E-state index is 0.0269. The Morgan fingerprint density at radius 3 is 2.68 bits per heavy atom. The van der Waals surface area contributed by atoms with Crippen LogP contribution in [0, 0.1) is 18.3 Å². The molecule has 0 saturated heterocycles. The van der Waals surface area contributed by atoms with Gasteiger partial charge in [0.15, 0.2) is 0 Å². The summed E-state index contributed by atoms with van der Waals surface area (Å²) in [6.07, 6.45) is 1.53. The highest BCUT2D eigenvalue weighted by atomic mass is 32.1. The molecule has 0 fully saturated rings. The number of nitrogens with one attached hydrogen (secondary N) is 1. The summed E-state index contributed by atoms with van der Waals surface area (Å²) in [6, 6.07) is 11.1. The van der Waals surface area contributed by atoms with Gasteiger partial charge in [-0.3, -0.25) is 10.1 Å². The topological polar surface area (TPSA) is 78.7 Å². The number of rotatable bonds is 3. The van der Waals surface area contributed by atoms with Crippen molar-refractivity contribution in [2.45, 2.75) is 6.92 Å². The number of amides is 1. The summed E-state index contributed by atoms with van der Waals surface area (Å²) in [7, 11) is 0. The minimum Gasteiger partial charge on any atom is -0.296 e. The Labute approximate surface area is 114 Å². The van der Waals surface area contributed by atoms with Crippen molar-refractivity contribution in [1.82, 2.24) is 10.2 Å². The van der Waals surface area contributed by atoms with Crippen LogP contribution < -0.4 is 5.32 Å². The lowest BCUT2D eigenvalue weighted by atomic mass is 10.1. The molecule has 94 valence electrons. The zero-order chi connectivity index (χ0) is 13.7. The van der Waals surface area contributed by atoms with Crippen LogP contribution >= 0.6 is 11.3 Å². The second kappa shape index (κ2) is 5.89. The molecule has 0 atom stereocenters. The standard InChI is InChI=1S/C13H10N4OS/c1-9-16-17-13(19-9)15-12(18)11(8-14)7-10-5-3-2-4-6-10/h2-7H,1H3,(H,15,17,18)/b11-7+. The maximum atomic E-state index is 11.9. The molecule has 1 heterocycles. The number of aromatic nitrogens is 2. The number of nitriles is 1. The van der Waals surface area contributed by atoms with Crippen molar-refractivity contribution in [3.05, 3.63) is 46.5 Å². The molecular weight excluding hydrogens is 260 g/mol. The second-order valence-electron chi connectivity index (χ2n) is 3.66. The molecule has 0 radical (unpaired) electrons. The molecule has 0 unspecified atom stereocenters. The number of benzene rings is 1. The van der Waals surface area contributed by atoms with Crippen molar-refractivity contribution >= 4 is 28.5 Å². The van der Waals surface area contributed by atoms with Crippen molar-refractivity contribution in [2.75, 3.05) is 5.32 Å². The van der Waals surface area contributed by atoms with Crippen molar-refractivity contribution in [3.63, 3.8) is 0 Å². The van der Waals surface area contributed by atoms with E-state index in [0.29, 0.717) is 5.13 Å². The average molecular weight is 270 g/mol. The number of carbonyl (C=O) groups is 1. The van der Waals surface area contributed by atoms with Crippen LogP contribution in [-0.2, 0) is 4.79 Å². The summed E-state index contributed by atoms with van der Waals surface area (Å²) in [5.41, 5.74) is 0.821. The van der Waals surface area contributed by atoms with E-state index < -0.39 is 5.91 Å². The monoisotopic (exact) mass is 270 g/mol. The molecule has 0 aliphatic carbocycles. The average Bonchev–Trinajstić information content (AvgIpc) is 2.82. The van der Waals surface area contributed by atoms with Gasteiger partial charge in [0, 0.05) is 0 Å². The SMILES string of the molecule is Cc1nnc(NC(=O)/C(C#N)=C/c2ccccc2)s1. The van der Waals surface area contributed by atoms with Crippen LogP contribution in [0.1, 0.15) is 10.6 Å². The van der Waals surface area contributed by atoms with Gasteiger partial charge in [0.2, 0.25) is 5.13 Å². The zero-order valence-corrected chi connectivity index (χ0v) is 10.9. The lowest BCUT2D eigenvalue weighted by molar-refractivity contribution is -0.112. The van der Waals surface area contributed by atoms with Crippen LogP contribution in [0.5, 0.6) is 0 Å². The first kappa shape index (κ1) is 12.9. The highest BCUT2D eigenvalue weighted by molar-refractivity contribution is 7.15. The van der Waals surface area contributed by atoms with Crippen molar-refractivity contribution < 1.29 is 4.79 Å². The molecule has 1 aromatic carbocycles. The van der Waals surface area contributed by atoms with Gasteiger partial charge < -0.3 is 0 Å². The summed E-state index contributed by atoms with van der Waals surface area (Å²) in [6.45, 7) is 1.79. The van der Waals surface area contributed by atoms with Crippen LogP contribution in [-0.4, -0.2) is 16.1 Å². The molecule has 1 amide bonds. The Morgan fingerprint density at radius 2 is 2.11 bits per heavy atom. The van der Waals surface area contributed by atoms with Crippen LogP contribution in [0.2, 0.25) is 0 Å². The minimum atomic E-state index is -0.484. The summed E-state index contributed by atoms with van der Waals surface area (Å²) in [5.74, 6) is -0.484. The highest BCUT2D eigenvalue weighted by Gasteiger charge is 2.11. The molecule has 0 spiro atoms. The highest BCUT2D eigenvalue weighted by Crippen LogP contribution is 2.15. The molecule has 2 aromatic rings. The van der Waals surface area contributed by atoms with E-state index in [9.17, 15) is 4.79 Å². The fourth-order valence-corrected chi connectivity index (χ4v) is 1.96. The molecule has 2 rings (SSSR count). The van der Waals surface area contributed by atoms with Gasteiger partial charge in [0.25, 0.3) is 5.91 Å². The second-order valence-corrected chi connectivity index (χ2v) is 4.84. The number of hydrogen-bond acceptors (Lipinski definition) is 5. The van der Waals surface area contributed by atoms with Crippen LogP contribution in [0.4, 0.5) is 5.13 Å². The number of anilines is 1. The third-order valence-electron chi connectivity index (χ3n) is 2.22. The Kier molecular flexibility index (Phi) is 4.00. The first-order valence-corrected chi connectivity index (χ1v) is 6.29. The molecule has 0 aliphatic heterocycles. The van der Waals surface area contributed by atoms with Gasteiger partial charge in [-0.05, 0) is 18.6 Å². The van der Waals surface area contributed by atoms with E-state index in [1.807, 2.05) is 36.4 Å². The fourth-order valence-electron chi connectivity index (χ4n) is 1.38. The lowest BCUT2D eigenvalue weighted by Gasteiger charge is -1.99. The Bertz CT molecular complexity index is 655. The molecule has 0 aliphatic rings. The fraction of sp³-hybridized carbons (Fsp3) is 0.0769. The summed E-state index contributed by atoms with van der Waals surface area (Å²) < 4.78 is 0. The van der Waals surface area contributed by atoms with E-state index in [4.69, 9.17) is 5.26 Å². The molecule has 1 N–H and O–H groups in total. The van der Waals surface area contributed by atoms with E-state index in [0.717, 1.165) is 10.6 Å². The predicted molar refractivity (Wildman–Crippen MR) is 73.3 cm³/mol. The number of nitrogens with zero attached hydrogens (tertiary/aromatic N) is 3. The van der Waals surface area contributed by atoms with Gasteiger partial charge in [-0.2, -0.15) is 5.26 Å². The van der Waals surface area contributed by atoms with Gasteiger partial charge in [-0.15, -0.1) is 10.2 Å². The Balaban J connectivity index is 2.16. The first-order valence-electron chi connectivity index (χ1n) is 5.47. The van der Waals surface area contributed by atoms with Gasteiger partial charge in [0.05, 0.1) is 0 Å². The molecule has 19 heavy (non-hydrogen) atoms. The largest absolute Gasteiger partial charge is 0.296 e. The normalized spacial score (nSPS) is 10.8. The van der Waals surface area contributed by atoms with Crippen molar-refractivity contribution in [3.8, 4) is 6.07 Å². The van der Waals surface area contributed by atoms with Crippen LogP contribution in [0.3, 0.4) is 0 Å². The number of carbonyl (C=O) groups excluding carboxylic acids is 1. The first-order chi connectivity index (χ1) is 9.19. The van der Waals surface area contributed by atoms with Crippen molar-refractivity contribution in [1.29, 1.82) is 5.26 Å². The Hall–Kier alpha value is -2.52. The van der Waals surface area contributed by atoms with E-state index >= 15 is 0 Å². The van der Waals surface area contributed by atoms with Crippen LogP contribution in [0.15, 0.2) is 35.9 Å². The van der Waals surface area contributed by atoms with E-state index in [-0.39, 0.29) is 5.57 Å². The quantitative estimate of drug-likeness (QED) is 0.686. The van der Waals surface area contributed by atoms with Crippen LogP contribution in [0.25, 0.3) is 6.08 Å². The molecule has 5 nitrogen and oxygen atoms in total. The maximum Gasteiger partial charge on any atom is 0.268 e. The van der Waals surface area contributed by atoms with E-state index in [1.165, 1.54) is 17.4 Å². The third-order valence-corrected chi connectivity index (χ3v) is 2.98. The molecule has 0 bridgehead atoms. The third kappa shape index (κ3) is 3.47. The Morgan fingerprint density at radius 1 is 1.37 bits per heavy atom. The van der Waals surface area contributed by atoms with Gasteiger partial charge in [0.1, 0.15) is 16.6 Å². The molecule has 0 saturated carbocycles. The van der Waals surface area contributed by atoms with Gasteiger partial charge in [-0.1, -0.05) is 41.7 Å². The maximum absolute atomic E-state index is 11.9. The lowest BCUT2D eigenvalue weighted by Crippen LogP contribution is -2.13. The molecule has 1 aromatic heterocycles. The summed E-state index contributed by atoms with van der Waals surface area (Å²) in [4.78, 5) is 11.9.